The Balaban J connectivity index is 1.63. The zero-order valence-electron chi connectivity index (χ0n) is 17.6. The number of likely N-dealkylation sites (tertiary alicyclic amines) is 1. The van der Waals surface area contributed by atoms with Gasteiger partial charge in [-0.3, -0.25) is 24.6 Å². The smallest absolute Gasteiger partial charge is 0.271 e. The molecule has 1 atom stereocenters. The number of nitrogens with one attached hydrogen (secondary N) is 1. The molecule has 1 unspecified atom stereocenters. The number of nitrogens with zero attached hydrogens (tertiary/aromatic N) is 2. The number of benzene rings is 2. The maximum absolute atomic E-state index is 13.9. The number of nitro benzene ring substituents is 1. The number of ether oxygens (including phenoxy) is 1. The Morgan fingerprint density at radius 3 is 2.50 bits per heavy atom. The van der Waals surface area contributed by atoms with Crippen molar-refractivity contribution in [3.63, 3.8) is 0 Å². The lowest BCUT2D eigenvalue weighted by Crippen LogP contribution is -2.47. The van der Waals surface area contributed by atoms with Crippen LogP contribution in [0.2, 0.25) is 0 Å². The number of carbonyl (C=O) groups is 2. The highest BCUT2D eigenvalue weighted by Gasteiger charge is 2.31. The van der Waals surface area contributed by atoms with Gasteiger partial charge in [0.05, 0.1) is 29.3 Å². The van der Waals surface area contributed by atoms with Gasteiger partial charge >= 0.3 is 0 Å². The van der Waals surface area contributed by atoms with Gasteiger partial charge in [0.25, 0.3) is 5.69 Å². The van der Waals surface area contributed by atoms with Crippen LogP contribution in [0.15, 0.2) is 36.4 Å². The van der Waals surface area contributed by atoms with Crippen LogP contribution in [0.1, 0.15) is 30.1 Å². The van der Waals surface area contributed by atoms with Crippen molar-refractivity contribution in [2.75, 3.05) is 25.5 Å². The Hall–Kier alpha value is -3.40. The minimum Gasteiger partial charge on any atom is -0.495 e. The van der Waals surface area contributed by atoms with E-state index in [9.17, 15) is 28.5 Å². The number of hydrogen-bond donors (Lipinski definition) is 1. The summed E-state index contributed by atoms with van der Waals surface area (Å²) in [6, 6.07) is 6.13. The Morgan fingerprint density at radius 1 is 1.19 bits per heavy atom. The molecule has 1 heterocycles. The monoisotopic (exact) mass is 447 g/mol. The second-order valence-electron chi connectivity index (χ2n) is 7.61. The molecule has 1 amide bonds. The van der Waals surface area contributed by atoms with Crippen molar-refractivity contribution in [1.29, 1.82) is 0 Å². The summed E-state index contributed by atoms with van der Waals surface area (Å²) in [5.74, 6) is -2.43. The summed E-state index contributed by atoms with van der Waals surface area (Å²) in [5, 5.41) is 13.7. The molecule has 170 valence electrons. The molecule has 2 aromatic rings. The van der Waals surface area contributed by atoms with E-state index < -0.39 is 34.3 Å². The van der Waals surface area contributed by atoms with Gasteiger partial charge in [0.15, 0.2) is 5.78 Å². The Morgan fingerprint density at radius 2 is 1.88 bits per heavy atom. The number of hydrogen-bond acceptors (Lipinski definition) is 6. The lowest BCUT2D eigenvalue weighted by Gasteiger charge is -2.34. The zero-order valence-corrected chi connectivity index (χ0v) is 17.6. The molecule has 1 fully saturated rings. The lowest BCUT2D eigenvalue weighted by molar-refractivity contribution is -0.384. The highest BCUT2D eigenvalue weighted by molar-refractivity contribution is 5.98. The Bertz CT molecular complexity index is 1040. The van der Waals surface area contributed by atoms with Crippen molar-refractivity contribution >= 4 is 23.1 Å². The fourth-order valence-corrected chi connectivity index (χ4v) is 3.77. The molecular formula is C22H23F2N3O5. The number of amides is 1. The van der Waals surface area contributed by atoms with Crippen LogP contribution in [-0.2, 0) is 4.79 Å². The summed E-state index contributed by atoms with van der Waals surface area (Å²) in [4.78, 5) is 37.7. The van der Waals surface area contributed by atoms with Crippen molar-refractivity contribution < 1.29 is 28.0 Å². The van der Waals surface area contributed by atoms with Crippen LogP contribution in [0.5, 0.6) is 5.75 Å². The van der Waals surface area contributed by atoms with Gasteiger partial charge in [-0.2, -0.15) is 0 Å². The van der Waals surface area contributed by atoms with E-state index in [0.717, 1.165) is 18.2 Å². The summed E-state index contributed by atoms with van der Waals surface area (Å²) >= 11 is 0. The molecule has 3 rings (SSSR count). The van der Waals surface area contributed by atoms with Gasteiger partial charge in [0.2, 0.25) is 5.91 Å². The van der Waals surface area contributed by atoms with Crippen molar-refractivity contribution in [3.8, 4) is 5.75 Å². The molecule has 1 aliphatic rings. The van der Waals surface area contributed by atoms with Crippen LogP contribution in [0, 0.1) is 27.7 Å². The molecule has 0 radical (unpaired) electrons. The molecule has 1 N–H and O–H groups in total. The van der Waals surface area contributed by atoms with E-state index in [-0.39, 0.29) is 28.6 Å². The van der Waals surface area contributed by atoms with Gasteiger partial charge in [-0.25, -0.2) is 8.78 Å². The highest BCUT2D eigenvalue weighted by Crippen LogP contribution is 2.30. The summed E-state index contributed by atoms with van der Waals surface area (Å²) in [7, 11) is 1.39. The van der Waals surface area contributed by atoms with Crippen molar-refractivity contribution in [3.05, 3.63) is 63.7 Å². The molecule has 10 heteroatoms. The zero-order chi connectivity index (χ0) is 23.4. The standard InChI is InChI=1S/C22H23F2N3O5/c1-13(22(29)25-19-12-16(27(30)31)4-6-20(19)32-2)26-9-7-14(8-10-26)21(28)17-11-15(23)3-5-18(17)24/h3-6,11-14H,7-10H2,1-2H3,(H,25,29). The van der Waals surface area contributed by atoms with Crippen molar-refractivity contribution in [2.24, 2.45) is 5.92 Å². The minimum atomic E-state index is -0.752. The number of methoxy groups -OCH3 is 1. The van der Waals surface area contributed by atoms with Crippen molar-refractivity contribution in [2.45, 2.75) is 25.8 Å². The third-order valence-electron chi connectivity index (χ3n) is 5.67. The van der Waals surface area contributed by atoms with Crippen LogP contribution in [0.25, 0.3) is 0 Å². The van der Waals surface area contributed by atoms with Crippen LogP contribution in [0.3, 0.4) is 0 Å². The summed E-state index contributed by atoms with van der Waals surface area (Å²) in [5.41, 5.74) is -0.255. The van der Waals surface area contributed by atoms with Crippen LogP contribution in [-0.4, -0.2) is 47.8 Å². The molecule has 2 aromatic carbocycles. The predicted molar refractivity (Wildman–Crippen MR) is 113 cm³/mol. The summed E-state index contributed by atoms with van der Waals surface area (Å²) in [6.07, 6.45) is 0.791. The first-order valence-corrected chi connectivity index (χ1v) is 10.1. The molecule has 0 aromatic heterocycles. The first-order chi connectivity index (χ1) is 15.2. The number of nitro groups is 1. The van der Waals surface area contributed by atoms with E-state index in [4.69, 9.17) is 4.74 Å². The third-order valence-corrected chi connectivity index (χ3v) is 5.67. The van der Waals surface area contributed by atoms with Crippen molar-refractivity contribution in [1.82, 2.24) is 4.90 Å². The molecule has 0 aliphatic carbocycles. The summed E-state index contributed by atoms with van der Waals surface area (Å²) in [6.45, 7) is 2.51. The Labute approximate surface area is 183 Å². The summed E-state index contributed by atoms with van der Waals surface area (Å²) < 4.78 is 32.5. The first kappa shape index (κ1) is 23.3. The minimum absolute atomic E-state index is 0.183. The maximum atomic E-state index is 13.9. The van der Waals surface area contributed by atoms with Gasteiger partial charge < -0.3 is 10.1 Å². The maximum Gasteiger partial charge on any atom is 0.271 e. The van der Waals surface area contributed by atoms with Gasteiger partial charge in [0, 0.05) is 18.1 Å². The fraction of sp³-hybridized carbons (Fsp3) is 0.364. The largest absolute Gasteiger partial charge is 0.495 e. The average molecular weight is 447 g/mol. The second kappa shape index (κ2) is 9.82. The van der Waals surface area contributed by atoms with Crippen LogP contribution < -0.4 is 10.1 Å². The number of piperidine rings is 1. The predicted octanol–water partition coefficient (Wildman–Crippen LogP) is 3.80. The average Bonchev–Trinajstić information content (AvgIpc) is 2.79. The lowest BCUT2D eigenvalue weighted by atomic mass is 9.88. The highest BCUT2D eigenvalue weighted by atomic mass is 19.1. The van der Waals surface area contributed by atoms with Gasteiger partial charge in [-0.15, -0.1) is 0 Å². The number of Topliss-reactive ketones (excluding diaryl/α,β-unsaturated/α-hetero) is 1. The number of ketones is 1. The van der Waals surface area contributed by atoms with Crippen LogP contribution >= 0.6 is 0 Å². The molecular weight excluding hydrogens is 424 g/mol. The molecule has 1 aliphatic heterocycles. The quantitative estimate of drug-likeness (QED) is 0.394. The molecule has 1 saturated heterocycles. The van der Waals surface area contributed by atoms with Gasteiger partial charge in [-0.05, 0) is 57.1 Å². The molecule has 0 spiro atoms. The van der Waals surface area contributed by atoms with Gasteiger partial charge in [0.1, 0.15) is 17.4 Å². The SMILES string of the molecule is COc1ccc([N+](=O)[O-])cc1NC(=O)C(C)N1CCC(C(=O)c2cc(F)ccc2F)CC1. The normalized spacial score (nSPS) is 15.8. The van der Waals surface area contributed by atoms with Crippen LogP contribution in [0.4, 0.5) is 20.2 Å². The fourth-order valence-electron chi connectivity index (χ4n) is 3.77. The Kier molecular flexibility index (Phi) is 7.14. The van der Waals surface area contributed by atoms with E-state index in [2.05, 4.69) is 5.32 Å². The molecule has 32 heavy (non-hydrogen) atoms. The topological polar surface area (TPSA) is 102 Å². The second-order valence-corrected chi connectivity index (χ2v) is 7.61. The number of non-ortho nitro benzene ring substituents is 1. The third kappa shape index (κ3) is 5.08. The van der Waals surface area contributed by atoms with E-state index in [1.807, 2.05) is 4.90 Å². The first-order valence-electron chi connectivity index (χ1n) is 10.1. The van der Waals surface area contributed by atoms with E-state index >= 15 is 0 Å². The van der Waals surface area contributed by atoms with E-state index in [0.29, 0.717) is 25.9 Å². The molecule has 8 nitrogen and oxygen atoms in total. The van der Waals surface area contributed by atoms with E-state index in [1.54, 1.807) is 6.92 Å². The van der Waals surface area contributed by atoms with E-state index in [1.165, 1.54) is 25.3 Å². The molecule has 0 saturated carbocycles. The molecule has 0 bridgehead atoms. The number of rotatable bonds is 7. The van der Waals surface area contributed by atoms with Gasteiger partial charge in [-0.1, -0.05) is 0 Å². The number of anilines is 1. The number of halogens is 2. The number of carbonyl (C=O) groups excluding carboxylic acids is 2.